The Kier molecular flexibility index (Phi) is 15.3. The van der Waals surface area contributed by atoms with E-state index >= 15 is 0 Å². The van der Waals surface area contributed by atoms with E-state index in [1.54, 1.807) is 14.2 Å². The van der Waals surface area contributed by atoms with Crippen LogP contribution in [0.2, 0.25) is 0 Å². The molecule has 0 bridgehead atoms. The van der Waals surface area contributed by atoms with Crippen LogP contribution in [0.25, 0.3) is 0 Å². The van der Waals surface area contributed by atoms with Crippen LogP contribution in [0.4, 0.5) is 0 Å². The molecule has 0 spiro atoms. The van der Waals surface area contributed by atoms with Crippen molar-refractivity contribution in [1.29, 1.82) is 0 Å². The number of methoxy groups -OCH3 is 2. The number of carbonyl (C=O) groups excluding carboxylic acids is 1. The van der Waals surface area contributed by atoms with Crippen LogP contribution >= 0.6 is 0 Å². The van der Waals surface area contributed by atoms with Crippen LogP contribution in [0, 0.1) is 17.8 Å². The van der Waals surface area contributed by atoms with Gasteiger partial charge in [-0.3, -0.25) is 4.79 Å². The number of nitrogens with two attached hydrogens (primary N) is 1. The molecule has 0 aromatic heterocycles. The quantitative estimate of drug-likeness (QED) is 0.210. The lowest BCUT2D eigenvalue weighted by molar-refractivity contribution is -0.125. The van der Waals surface area contributed by atoms with Gasteiger partial charge in [0.05, 0.1) is 19.8 Å². The van der Waals surface area contributed by atoms with E-state index in [4.69, 9.17) is 19.9 Å². The molecule has 0 saturated carbocycles. The van der Waals surface area contributed by atoms with Crippen LogP contribution in [0.1, 0.15) is 58.9 Å². The average Bonchev–Trinajstić information content (AvgIpc) is 2.83. The molecule has 0 saturated heterocycles. The van der Waals surface area contributed by atoms with E-state index < -0.39 is 12.1 Å². The summed E-state index contributed by atoms with van der Waals surface area (Å²) in [6, 6.07) is 5.59. The normalized spacial score (nSPS) is 15.1. The molecule has 1 rings (SSSR count). The molecule has 1 amide bonds. The van der Waals surface area contributed by atoms with Crippen molar-refractivity contribution in [1.82, 2.24) is 5.32 Å². The Hall–Kier alpha value is -2.09. The summed E-state index contributed by atoms with van der Waals surface area (Å²) in [4.78, 5) is 12.3. The monoisotopic (exact) mass is 492 g/mol. The van der Waals surface area contributed by atoms with Crippen molar-refractivity contribution in [3.63, 3.8) is 0 Å². The minimum atomic E-state index is -0.725. The fraction of sp³-hybridized carbons (Fsp3) is 0.679. The first-order valence-corrected chi connectivity index (χ1v) is 12.9. The van der Waals surface area contributed by atoms with Crippen molar-refractivity contribution in [3.8, 4) is 11.5 Å². The van der Waals surface area contributed by atoms with Gasteiger partial charge in [0, 0.05) is 25.6 Å². The van der Waals surface area contributed by atoms with Crippen molar-refractivity contribution < 1.29 is 24.1 Å². The van der Waals surface area contributed by atoms with Crippen molar-refractivity contribution >= 4 is 5.91 Å². The highest BCUT2D eigenvalue weighted by atomic mass is 16.5. The number of ether oxygens (including phenoxy) is 3. The maximum atomic E-state index is 12.3. The Morgan fingerprint density at radius 2 is 1.83 bits per heavy atom. The van der Waals surface area contributed by atoms with Crippen molar-refractivity contribution in [3.05, 3.63) is 35.9 Å². The zero-order valence-corrected chi connectivity index (χ0v) is 22.6. The molecule has 0 aliphatic heterocycles. The van der Waals surface area contributed by atoms with Crippen LogP contribution in [-0.2, 0) is 16.0 Å². The SMILES string of the molecule is CCCCNC(=O)[C@H](C)C[C@H](O)[C@@H](N)C[C@H](Cc1ccc(OC)c(OC/C=C/COC)c1)C(C)C. The van der Waals surface area contributed by atoms with Gasteiger partial charge in [0.15, 0.2) is 11.5 Å². The van der Waals surface area contributed by atoms with Gasteiger partial charge < -0.3 is 30.4 Å². The van der Waals surface area contributed by atoms with Crippen LogP contribution in [0.3, 0.4) is 0 Å². The number of carbonyl (C=O) groups is 1. The zero-order valence-electron chi connectivity index (χ0n) is 22.6. The highest BCUT2D eigenvalue weighted by Gasteiger charge is 2.26. The molecule has 7 nitrogen and oxygen atoms in total. The van der Waals surface area contributed by atoms with Gasteiger partial charge >= 0.3 is 0 Å². The molecule has 4 atom stereocenters. The maximum absolute atomic E-state index is 12.3. The Labute approximate surface area is 212 Å². The Balaban J connectivity index is 2.75. The molecule has 4 N–H and O–H groups in total. The molecule has 0 fully saturated rings. The number of unbranched alkanes of at least 4 members (excludes halogenated alkanes) is 1. The van der Waals surface area contributed by atoms with Gasteiger partial charge in [-0.15, -0.1) is 0 Å². The van der Waals surface area contributed by atoms with Crippen molar-refractivity contribution in [2.45, 2.75) is 71.9 Å². The lowest BCUT2D eigenvalue weighted by atomic mass is 9.82. The van der Waals surface area contributed by atoms with E-state index in [-0.39, 0.29) is 17.7 Å². The first-order chi connectivity index (χ1) is 16.7. The summed E-state index contributed by atoms with van der Waals surface area (Å²) in [6.45, 7) is 9.94. The Morgan fingerprint density at radius 1 is 1.11 bits per heavy atom. The number of amides is 1. The molecular weight excluding hydrogens is 444 g/mol. The minimum Gasteiger partial charge on any atom is -0.493 e. The smallest absolute Gasteiger partial charge is 0.222 e. The predicted molar refractivity (Wildman–Crippen MR) is 142 cm³/mol. The fourth-order valence-electron chi connectivity index (χ4n) is 3.94. The summed E-state index contributed by atoms with van der Waals surface area (Å²) in [7, 11) is 3.28. The first kappa shape index (κ1) is 30.9. The van der Waals surface area contributed by atoms with Gasteiger partial charge in [-0.1, -0.05) is 46.3 Å². The van der Waals surface area contributed by atoms with Gasteiger partial charge in [-0.05, 0) is 61.3 Å². The van der Waals surface area contributed by atoms with Crippen LogP contribution in [0.5, 0.6) is 11.5 Å². The molecule has 0 radical (unpaired) electrons. The third kappa shape index (κ3) is 11.9. The first-order valence-electron chi connectivity index (χ1n) is 12.9. The Bertz CT molecular complexity index is 753. The van der Waals surface area contributed by atoms with Gasteiger partial charge in [-0.25, -0.2) is 0 Å². The van der Waals surface area contributed by atoms with E-state index in [1.165, 1.54) is 0 Å². The molecule has 7 heteroatoms. The second kappa shape index (κ2) is 17.4. The van der Waals surface area contributed by atoms with E-state index in [9.17, 15) is 9.90 Å². The number of hydrogen-bond donors (Lipinski definition) is 3. The second-order valence-corrected chi connectivity index (χ2v) is 9.68. The zero-order chi connectivity index (χ0) is 26.2. The summed E-state index contributed by atoms with van der Waals surface area (Å²) >= 11 is 0. The molecule has 0 aliphatic carbocycles. The van der Waals surface area contributed by atoms with Gasteiger partial charge in [0.2, 0.25) is 5.91 Å². The third-order valence-corrected chi connectivity index (χ3v) is 6.37. The molecule has 1 aromatic carbocycles. The van der Waals surface area contributed by atoms with Crippen LogP contribution < -0.4 is 20.5 Å². The van der Waals surface area contributed by atoms with Crippen LogP contribution in [0.15, 0.2) is 30.4 Å². The van der Waals surface area contributed by atoms with Crippen molar-refractivity contribution in [2.24, 2.45) is 23.5 Å². The molecule has 35 heavy (non-hydrogen) atoms. The topological polar surface area (TPSA) is 103 Å². The van der Waals surface area contributed by atoms with E-state index in [2.05, 4.69) is 26.1 Å². The molecular formula is C28H48N2O5. The fourth-order valence-corrected chi connectivity index (χ4v) is 3.94. The number of aliphatic hydroxyl groups is 1. The molecule has 0 aliphatic rings. The van der Waals surface area contributed by atoms with Crippen LogP contribution in [-0.4, -0.2) is 57.1 Å². The molecule has 0 unspecified atom stereocenters. The van der Waals surface area contributed by atoms with E-state index in [0.29, 0.717) is 50.0 Å². The molecule has 200 valence electrons. The molecule has 0 heterocycles. The summed E-state index contributed by atoms with van der Waals surface area (Å²) in [5.74, 6) is 1.75. The highest BCUT2D eigenvalue weighted by molar-refractivity contribution is 5.78. The molecule has 1 aromatic rings. The van der Waals surface area contributed by atoms with Gasteiger partial charge in [0.1, 0.15) is 6.61 Å². The lowest BCUT2D eigenvalue weighted by Crippen LogP contribution is -2.41. The van der Waals surface area contributed by atoms with Crippen molar-refractivity contribution in [2.75, 3.05) is 34.0 Å². The number of aliphatic hydroxyl groups excluding tert-OH is 1. The van der Waals surface area contributed by atoms with Gasteiger partial charge in [0.25, 0.3) is 0 Å². The van der Waals surface area contributed by atoms with Gasteiger partial charge in [-0.2, -0.15) is 0 Å². The third-order valence-electron chi connectivity index (χ3n) is 6.37. The van der Waals surface area contributed by atoms with E-state index in [0.717, 1.165) is 24.8 Å². The van der Waals surface area contributed by atoms with E-state index in [1.807, 2.05) is 37.3 Å². The lowest BCUT2D eigenvalue weighted by Gasteiger charge is -2.28. The number of hydrogen-bond acceptors (Lipinski definition) is 6. The number of benzene rings is 1. The number of rotatable bonds is 18. The number of nitrogens with one attached hydrogen (secondary N) is 1. The largest absolute Gasteiger partial charge is 0.493 e. The highest BCUT2D eigenvalue weighted by Crippen LogP contribution is 2.31. The summed E-state index contributed by atoms with van der Waals surface area (Å²) in [5.41, 5.74) is 7.55. The predicted octanol–water partition coefficient (Wildman–Crippen LogP) is 4.11. The summed E-state index contributed by atoms with van der Waals surface area (Å²) < 4.78 is 16.4. The second-order valence-electron chi connectivity index (χ2n) is 9.68. The average molecular weight is 493 g/mol. The standard InChI is InChI=1S/C28H48N2O5/c1-7-8-13-30-28(32)21(4)16-25(31)24(29)19-23(20(2)3)17-22-11-12-26(34-6)27(18-22)35-15-10-9-14-33-5/h9-12,18,20-21,23-25,31H,7-8,13-17,19,29H2,1-6H3,(H,30,32)/b10-9+/t21-,23+,24+,25+/m1/s1. The maximum Gasteiger partial charge on any atom is 0.222 e. The Morgan fingerprint density at radius 3 is 2.46 bits per heavy atom. The minimum absolute atomic E-state index is 0.0204. The summed E-state index contributed by atoms with van der Waals surface area (Å²) in [6.07, 6.45) is 6.94. The summed E-state index contributed by atoms with van der Waals surface area (Å²) in [5, 5.41) is 13.7.